The van der Waals surface area contributed by atoms with Crippen LogP contribution in [0.4, 0.5) is 0 Å². The van der Waals surface area contributed by atoms with E-state index < -0.39 is 17.4 Å². The Morgan fingerprint density at radius 2 is 1.34 bits per heavy atom. The number of esters is 2. The van der Waals surface area contributed by atoms with E-state index >= 15 is 0 Å². The summed E-state index contributed by atoms with van der Waals surface area (Å²) in [6.07, 6.45) is 12.8. The third-order valence-corrected chi connectivity index (χ3v) is 6.24. The van der Waals surface area contributed by atoms with Gasteiger partial charge in [0.25, 0.3) is 0 Å². The molecule has 0 heterocycles. The van der Waals surface area contributed by atoms with Crippen LogP contribution in [0.25, 0.3) is 0 Å². The van der Waals surface area contributed by atoms with E-state index in [9.17, 15) is 9.59 Å². The van der Waals surface area contributed by atoms with E-state index in [1.165, 1.54) is 52.1 Å². The number of carbonyl (C=O) groups excluding carboxylic acids is 2. The maximum absolute atomic E-state index is 13.0. The minimum Gasteiger partial charge on any atom is -0.493 e. The van der Waals surface area contributed by atoms with Gasteiger partial charge in [-0.2, -0.15) is 0 Å². The Labute approximate surface area is 195 Å². The molecule has 0 saturated carbocycles. The second-order valence-corrected chi connectivity index (χ2v) is 8.65. The number of unbranched alkanes of at least 4 members (excludes halogenated alkanes) is 9. The maximum atomic E-state index is 13.0. The van der Waals surface area contributed by atoms with Crippen molar-refractivity contribution in [3.8, 4) is 11.5 Å². The van der Waals surface area contributed by atoms with Gasteiger partial charge in [-0.1, -0.05) is 84.6 Å². The molecule has 182 valence electrons. The normalized spacial score (nSPS) is 11.3. The fourth-order valence-electron chi connectivity index (χ4n) is 3.86. The average molecular weight is 449 g/mol. The van der Waals surface area contributed by atoms with Crippen LogP contribution >= 0.6 is 0 Å². The Bertz CT molecular complexity index is 679. The van der Waals surface area contributed by atoms with Crippen LogP contribution in [0.5, 0.6) is 11.5 Å². The molecule has 0 fully saturated rings. The zero-order valence-electron chi connectivity index (χ0n) is 21.0. The lowest BCUT2D eigenvalue weighted by Crippen LogP contribution is -2.42. The summed E-state index contributed by atoms with van der Waals surface area (Å²) in [5.74, 6) is -0.287. The summed E-state index contributed by atoms with van der Waals surface area (Å²) in [6, 6.07) is 5.37. The van der Waals surface area contributed by atoms with Gasteiger partial charge in [0.15, 0.2) is 16.9 Å². The quantitative estimate of drug-likeness (QED) is 0.109. The number of ether oxygens (including phenoxy) is 3. The highest BCUT2D eigenvalue weighted by atomic mass is 16.6. The van der Waals surface area contributed by atoms with E-state index in [4.69, 9.17) is 14.2 Å². The molecule has 0 saturated heterocycles. The molecule has 0 amide bonds. The first kappa shape index (κ1) is 28.0. The van der Waals surface area contributed by atoms with Crippen LogP contribution in [0.1, 0.15) is 103 Å². The molecule has 32 heavy (non-hydrogen) atoms. The second kappa shape index (κ2) is 15.7. The Balaban J connectivity index is 2.48. The molecular weight excluding hydrogens is 404 g/mol. The topological polar surface area (TPSA) is 61.8 Å². The lowest BCUT2D eigenvalue weighted by Gasteiger charge is -2.27. The smallest absolute Gasteiger partial charge is 0.328 e. The van der Waals surface area contributed by atoms with Crippen molar-refractivity contribution in [2.75, 3.05) is 13.7 Å². The fraction of sp³-hybridized carbons (Fsp3) is 0.704. The van der Waals surface area contributed by atoms with E-state index in [2.05, 4.69) is 6.92 Å². The minimum absolute atomic E-state index is 0.325. The van der Waals surface area contributed by atoms with Crippen LogP contribution < -0.4 is 9.47 Å². The van der Waals surface area contributed by atoms with Gasteiger partial charge in [-0.3, -0.25) is 9.59 Å². The number of carbonyl (C=O) groups is 2. The van der Waals surface area contributed by atoms with Crippen molar-refractivity contribution in [2.24, 2.45) is 5.41 Å². The maximum Gasteiger partial charge on any atom is 0.328 e. The summed E-state index contributed by atoms with van der Waals surface area (Å²) in [7, 11) is 1.52. The fourth-order valence-corrected chi connectivity index (χ4v) is 3.86. The van der Waals surface area contributed by atoms with Crippen molar-refractivity contribution in [2.45, 2.75) is 105 Å². The van der Waals surface area contributed by atoms with Gasteiger partial charge in [0, 0.05) is 0 Å². The molecule has 0 aliphatic rings. The molecule has 0 spiro atoms. The number of methoxy groups -OCH3 is 1. The highest BCUT2D eigenvalue weighted by molar-refractivity contribution is 6.00. The molecule has 0 bridgehead atoms. The molecule has 5 heteroatoms. The zero-order chi connectivity index (χ0) is 23.8. The van der Waals surface area contributed by atoms with Crippen molar-refractivity contribution < 1.29 is 23.8 Å². The summed E-state index contributed by atoms with van der Waals surface area (Å²) < 4.78 is 16.4. The van der Waals surface area contributed by atoms with Gasteiger partial charge >= 0.3 is 11.9 Å². The summed E-state index contributed by atoms with van der Waals surface area (Å²) in [5, 5.41) is 0. The van der Waals surface area contributed by atoms with Gasteiger partial charge in [0.2, 0.25) is 0 Å². The van der Waals surface area contributed by atoms with Crippen LogP contribution in [0.2, 0.25) is 0 Å². The van der Waals surface area contributed by atoms with Crippen molar-refractivity contribution in [3.05, 3.63) is 23.8 Å². The first-order valence-corrected chi connectivity index (χ1v) is 12.5. The van der Waals surface area contributed by atoms with Crippen molar-refractivity contribution >= 4 is 11.9 Å². The number of aryl methyl sites for hydroxylation is 1. The van der Waals surface area contributed by atoms with E-state index in [0.717, 1.165) is 24.8 Å². The summed E-state index contributed by atoms with van der Waals surface area (Å²) in [4.78, 5) is 25.9. The molecule has 1 aromatic rings. The van der Waals surface area contributed by atoms with E-state index in [-0.39, 0.29) is 0 Å². The predicted octanol–water partition coefficient (Wildman–Crippen LogP) is 7.18. The molecule has 0 N–H and O–H groups in total. The van der Waals surface area contributed by atoms with Crippen LogP contribution in [-0.2, 0) is 14.3 Å². The molecule has 0 radical (unpaired) electrons. The zero-order valence-corrected chi connectivity index (χ0v) is 21.0. The van der Waals surface area contributed by atoms with Gasteiger partial charge < -0.3 is 14.2 Å². The summed E-state index contributed by atoms with van der Waals surface area (Å²) >= 11 is 0. The molecule has 0 aliphatic carbocycles. The average Bonchev–Trinajstić information content (AvgIpc) is 2.79. The molecular formula is C27H44O5. The van der Waals surface area contributed by atoms with Crippen LogP contribution in [-0.4, -0.2) is 25.7 Å². The predicted molar refractivity (Wildman–Crippen MR) is 129 cm³/mol. The Morgan fingerprint density at radius 3 is 1.88 bits per heavy atom. The van der Waals surface area contributed by atoms with Crippen LogP contribution in [0, 0.1) is 12.3 Å². The first-order chi connectivity index (χ1) is 15.4. The Kier molecular flexibility index (Phi) is 13.7. The van der Waals surface area contributed by atoms with Crippen LogP contribution in [0.15, 0.2) is 18.2 Å². The first-order valence-electron chi connectivity index (χ1n) is 12.5. The minimum atomic E-state index is -1.30. The molecule has 0 aliphatic heterocycles. The molecule has 0 unspecified atom stereocenters. The van der Waals surface area contributed by atoms with Gasteiger partial charge in [-0.15, -0.1) is 0 Å². The van der Waals surface area contributed by atoms with Crippen LogP contribution in [0.3, 0.4) is 0 Å². The molecule has 0 atom stereocenters. The van der Waals surface area contributed by atoms with Gasteiger partial charge in [-0.05, 0) is 43.9 Å². The lowest BCUT2D eigenvalue weighted by molar-refractivity contribution is -0.168. The number of benzene rings is 1. The summed E-state index contributed by atoms with van der Waals surface area (Å²) in [5.41, 5.74) is -0.358. The molecule has 1 aromatic carbocycles. The highest BCUT2D eigenvalue weighted by Crippen LogP contribution is 2.34. The van der Waals surface area contributed by atoms with E-state index in [1.54, 1.807) is 12.1 Å². The van der Waals surface area contributed by atoms with Crippen molar-refractivity contribution in [1.29, 1.82) is 0 Å². The lowest BCUT2D eigenvalue weighted by atomic mass is 9.82. The SMILES string of the molecule is CCCCCCCCCCCCOC(=O)C(CC)(CC)C(=O)Oc1cc(C)ccc1OC. The van der Waals surface area contributed by atoms with Crippen molar-refractivity contribution in [1.82, 2.24) is 0 Å². The van der Waals surface area contributed by atoms with Gasteiger partial charge in [0.1, 0.15) is 0 Å². The second-order valence-electron chi connectivity index (χ2n) is 8.65. The molecule has 5 nitrogen and oxygen atoms in total. The number of rotatable bonds is 17. The Hall–Kier alpha value is -2.04. The number of hydrogen-bond donors (Lipinski definition) is 0. The van der Waals surface area contributed by atoms with E-state index in [1.807, 2.05) is 26.8 Å². The monoisotopic (exact) mass is 448 g/mol. The largest absolute Gasteiger partial charge is 0.493 e. The molecule has 0 aromatic heterocycles. The third-order valence-electron chi connectivity index (χ3n) is 6.24. The highest BCUT2D eigenvalue weighted by Gasteiger charge is 2.46. The summed E-state index contributed by atoms with van der Waals surface area (Å²) in [6.45, 7) is 8.13. The molecule has 1 rings (SSSR count). The van der Waals surface area contributed by atoms with Gasteiger partial charge in [0.05, 0.1) is 13.7 Å². The third kappa shape index (κ3) is 8.84. The Morgan fingerprint density at radius 1 is 0.781 bits per heavy atom. The standard InChI is InChI=1S/C27H44O5/c1-6-9-10-11-12-13-14-15-16-17-20-31-25(28)27(7-2,8-3)26(29)32-24-21-22(4)18-19-23(24)30-5/h18-19,21H,6-17,20H2,1-5H3. The van der Waals surface area contributed by atoms with E-state index in [0.29, 0.717) is 30.9 Å². The number of hydrogen-bond acceptors (Lipinski definition) is 5. The van der Waals surface area contributed by atoms with Crippen molar-refractivity contribution in [3.63, 3.8) is 0 Å². The van der Waals surface area contributed by atoms with Gasteiger partial charge in [-0.25, -0.2) is 0 Å².